The molecule has 1 N–H and O–H groups in total. The highest BCUT2D eigenvalue weighted by Gasteiger charge is 2.07. The molecule has 1 aromatic rings. The molecule has 0 spiro atoms. The normalized spacial score (nSPS) is 9.25. The monoisotopic (exact) mass is 186 g/mol. The van der Waals surface area contributed by atoms with Crippen LogP contribution in [0.1, 0.15) is 0 Å². The number of para-hydroxylation sites is 1. The minimum absolute atomic E-state index is 0.392. The van der Waals surface area contributed by atoms with E-state index in [0.717, 1.165) is 0 Å². The van der Waals surface area contributed by atoms with Gasteiger partial charge in [-0.25, -0.2) is 0 Å². The van der Waals surface area contributed by atoms with E-state index in [1.54, 1.807) is 18.2 Å². The lowest BCUT2D eigenvalue weighted by Gasteiger charge is -2.08. The Kier molecular flexibility index (Phi) is 3.25. The fourth-order valence-electron chi connectivity index (χ4n) is 0.870. The van der Waals surface area contributed by atoms with Gasteiger partial charge >= 0.3 is 7.69 Å². The SMILES string of the molecule is COc1c(Cl)cccc1OBO. The van der Waals surface area contributed by atoms with Crippen molar-refractivity contribution in [2.75, 3.05) is 7.11 Å². The number of hydrogen-bond acceptors (Lipinski definition) is 3. The fraction of sp³-hybridized carbons (Fsp3) is 0.143. The maximum Gasteiger partial charge on any atom is 0.504 e. The molecule has 0 unspecified atom stereocenters. The van der Waals surface area contributed by atoms with Crippen LogP contribution in [0.4, 0.5) is 0 Å². The lowest BCUT2D eigenvalue weighted by molar-refractivity contribution is 0.382. The van der Waals surface area contributed by atoms with Gasteiger partial charge in [-0.3, -0.25) is 0 Å². The third-order valence-corrected chi connectivity index (χ3v) is 1.65. The summed E-state index contributed by atoms with van der Waals surface area (Å²) in [6.45, 7) is 0. The Labute approximate surface area is 76.2 Å². The Hall–Kier alpha value is -0.865. The summed E-state index contributed by atoms with van der Waals surface area (Å²) in [4.78, 5) is 0. The van der Waals surface area contributed by atoms with E-state index in [1.165, 1.54) is 7.11 Å². The molecule has 1 aromatic carbocycles. The topological polar surface area (TPSA) is 38.7 Å². The zero-order chi connectivity index (χ0) is 8.97. The van der Waals surface area contributed by atoms with Crippen LogP contribution in [-0.4, -0.2) is 19.8 Å². The van der Waals surface area contributed by atoms with Crippen molar-refractivity contribution in [1.82, 2.24) is 0 Å². The Morgan fingerprint density at radius 1 is 1.50 bits per heavy atom. The molecule has 0 saturated heterocycles. The minimum atomic E-state index is -0.392. The third kappa shape index (κ3) is 1.84. The van der Waals surface area contributed by atoms with Gasteiger partial charge in [0.2, 0.25) is 0 Å². The average Bonchev–Trinajstić information content (AvgIpc) is 2.05. The summed E-state index contributed by atoms with van der Waals surface area (Å²) in [5.74, 6) is 0.876. The lowest BCUT2D eigenvalue weighted by Crippen LogP contribution is -2.01. The van der Waals surface area contributed by atoms with Crippen molar-refractivity contribution >= 4 is 19.3 Å². The molecule has 3 nitrogen and oxygen atoms in total. The van der Waals surface area contributed by atoms with Crippen LogP contribution in [0.2, 0.25) is 5.02 Å². The van der Waals surface area contributed by atoms with E-state index in [-0.39, 0.29) is 0 Å². The van der Waals surface area contributed by atoms with Crippen molar-refractivity contribution in [1.29, 1.82) is 0 Å². The molecule has 5 heteroatoms. The van der Waals surface area contributed by atoms with Crippen LogP contribution >= 0.6 is 11.6 Å². The predicted octanol–water partition coefficient (Wildman–Crippen LogP) is 0.986. The van der Waals surface area contributed by atoms with Crippen LogP contribution in [-0.2, 0) is 0 Å². The van der Waals surface area contributed by atoms with Gasteiger partial charge in [-0.05, 0) is 12.1 Å². The first-order chi connectivity index (χ1) is 5.79. The van der Waals surface area contributed by atoms with Gasteiger partial charge in [0.15, 0.2) is 5.75 Å². The van der Waals surface area contributed by atoms with Gasteiger partial charge in [0.25, 0.3) is 0 Å². The molecule has 12 heavy (non-hydrogen) atoms. The van der Waals surface area contributed by atoms with Crippen molar-refractivity contribution in [3.8, 4) is 11.5 Å². The molecule has 1 rings (SSSR count). The van der Waals surface area contributed by atoms with Crippen LogP contribution < -0.4 is 9.39 Å². The number of hydrogen-bond donors (Lipinski definition) is 1. The van der Waals surface area contributed by atoms with Gasteiger partial charge in [0.05, 0.1) is 12.1 Å². The maximum atomic E-state index is 8.51. The van der Waals surface area contributed by atoms with Gasteiger partial charge in [-0.2, -0.15) is 0 Å². The Morgan fingerprint density at radius 2 is 2.25 bits per heavy atom. The number of methoxy groups -OCH3 is 1. The van der Waals surface area contributed by atoms with Crippen LogP contribution in [0.15, 0.2) is 18.2 Å². The number of rotatable bonds is 3. The number of halogens is 1. The quantitative estimate of drug-likeness (QED) is 0.716. The standard InChI is InChI=1S/C7H8BClO3/c1-11-7-5(9)3-2-4-6(7)12-8-10/h2-4,8,10H,1H3. The fourth-order valence-corrected chi connectivity index (χ4v) is 1.11. The van der Waals surface area contributed by atoms with E-state index < -0.39 is 7.69 Å². The van der Waals surface area contributed by atoms with Crippen LogP contribution in [0, 0.1) is 0 Å². The summed E-state index contributed by atoms with van der Waals surface area (Å²) in [5.41, 5.74) is 0. The van der Waals surface area contributed by atoms with E-state index in [9.17, 15) is 0 Å². The third-order valence-electron chi connectivity index (χ3n) is 1.36. The van der Waals surface area contributed by atoms with Crippen LogP contribution in [0.3, 0.4) is 0 Å². The first-order valence-corrected chi connectivity index (χ1v) is 3.73. The smallest absolute Gasteiger partial charge is 0.504 e. The molecule has 0 aliphatic carbocycles. The van der Waals surface area contributed by atoms with E-state index in [1.807, 2.05) is 0 Å². The van der Waals surface area contributed by atoms with E-state index >= 15 is 0 Å². The van der Waals surface area contributed by atoms with Gasteiger partial charge in [-0.15, -0.1) is 0 Å². The van der Waals surface area contributed by atoms with Gasteiger partial charge < -0.3 is 14.4 Å². The highest BCUT2D eigenvalue weighted by molar-refractivity contribution is 6.32. The molecule has 0 aliphatic rings. The van der Waals surface area contributed by atoms with Gasteiger partial charge in [-0.1, -0.05) is 17.7 Å². The van der Waals surface area contributed by atoms with Crippen molar-refractivity contribution in [2.45, 2.75) is 0 Å². The molecular formula is C7H8BClO3. The lowest BCUT2D eigenvalue weighted by atomic mass is 10.3. The average molecular weight is 186 g/mol. The number of ether oxygens (including phenoxy) is 1. The molecule has 0 fully saturated rings. The summed E-state index contributed by atoms with van der Waals surface area (Å²) in [6.07, 6.45) is 0. The van der Waals surface area contributed by atoms with Gasteiger partial charge in [0, 0.05) is 0 Å². The van der Waals surface area contributed by atoms with E-state index in [2.05, 4.69) is 0 Å². The molecule has 0 bridgehead atoms. The highest BCUT2D eigenvalue weighted by Crippen LogP contribution is 2.33. The molecule has 0 amide bonds. The molecule has 0 aromatic heterocycles. The first kappa shape index (κ1) is 9.22. The van der Waals surface area contributed by atoms with Crippen molar-refractivity contribution in [3.05, 3.63) is 23.2 Å². The Morgan fingerprint density at radius 3 is 2.83 bits per heavy atom. The summed E-state index contributed by atoms with van der Waals surface area (Å²) in [6, 6.07) is 5.07. The molecule has 64 valence electrons. The Balaban J connectivity index is 3.00. The minimum Gasteiger partial charge on any atom is -0.536 e. The predicted molar refractivity (Wildman–Crippen MR) is 48.0 cm³/mol. The van der Waals surface area contributed by atoms with Crippen molar-refractivity contribution in [2.24, 2.45) is 0 Å². The first-order valence-electron chi connectivity index (χ1n) is 3.35. The molecule has 0 radical (unpaired) electrons. The molecule has 0 saturated carbocycles. The summed E-state index contributed by atoms with van der Waals surface area (Å²) >= 11 is 5.78. The molecule has 0 atom stereocenters. The largest absolute Gasteiger partial charge is 0.536 e. The highest BCUT2D eigenvalue weighted by atomic mass is 35.5. The molecule has 0 aliphatic heterocycles. The second-order valence-corrected chi connectivity index (χ2v) is 2.45. The zero-order valence-electron chi connectivity index (χ0n) is 6.58. The number of benzene rings is 1. The molecule has 0 heterocycles. The van der Waals surface area contributed by atoms with Crippen LogP contribution in [0.25, 0.3) is 0 Å². The van der Waals surface area contributed by atoms with E-state index in [0.29, 0.717) is 16.5 Å². The second-order valence-electron chi connectivity index (χ2n) is 2.04. The summed E-state index contributed by atoms with van der Waals surface area (Å²) in [7, 11) is 1.10. The maximum absolute atomic E-state index is 8.51. The summed E-state index contributed by atoms with van der Waals surface area (Å²) < 4.78 is 9.82. The van der Waals surface area contributed by atoms with E-state index in [4.69, 9.17) is 26.0 Å². The second kappa shape index (κ2) is 4.23. The Bertz CT molecular complexity index is 267. The summed E-state index contributed by atoms with van der Waals surface area (Å²) in [5, 5.41) is 8.97. The molecular weight excluding hydrogens is 178 g/mol. The van der Waals surface area contributed by atoms with Gasteiger partial charge in [0.1, 0.15) is 5.75 Å². The van der Waals surface area contributed by atoms with Crippen molar-refractivity contribution < 1.29 is 14.4 Å². The van der Waals surface area contributed by atoms with Crippen molar-refractivity contribution in [3.63, 3.8) is 0 Å². The van der Waals surface area contributed by atoms with Crippen LogP contribution in [0.5, 0.6) is 11.5 Å². The zero-order valence-corrected chi connectivity index (χ0v) is 7.34.